The molecule has 0 saturated carbocycles. The Bertz CT molecular complexity index is 1100. The summed E-state index contributed by atoms with van der Waals surface area (Å²) in [6.07, 6.45) is 0.271. The van der Waals surface area contributed by atoms with E-state index in [2.05, 4.69) is 45.5 Å². The normalized spacial score (nSPS) is 16.4. The molecule has 1 aliphatic heterocycles. The van der Waals surface area contributed by atoms with E-state index < -0.39 is 0 Å². The smallest absolute Gasteiger partial charge is 0.230 e. The number of hydrogen-bond acceptors (Lipinski definition) is 7. The average molecular weight is 482 g/mol. The minimum Gasteiger partial charge on any atom is -0.497 e. The number of methoxy groups -OCH3 is 1. The van der Waals surface area contributed by atoms with Crippen molar-refractivity contribution in [2.75, 3.05) is 32.6 Å². The average Bonchev–Trinajstić information content (AvgIpc) is 3.22. The van der Waals surface area contributed by atoms with Gasteiger partial charge in [0.1, 0.15) is 11.6 Å². The quantitative estimate of drug-likeness (QED) is 0.470. The lowest BCUT2D eigenvalue weighted by molar-refractivity contribution is -0.118. The largest absolute Gasteiger partial charge is 0.497 e. The topological polar surface area (TPSA) is 81.5 Å². The second-order valence-corrected chi connectivity index (χ2v) is 9.31. The van der Waals surface area contributed by atoms with Gasteiger partial charge in [0, 0.05) is 31.9 Å². The Balaban J connectivity index is 1.30. The molecule has 0 bridgehead atoms. The minimum atomic E-state index is -0.0423. The molecular weight excluding hydrogens is 450 g/mol. The molecule has 2 aromatic carbocycles. The highest BCUT2D eigenvalue weighted by molar-refractivity contribution is 7.99. The molecule has 4 rings (SSSR count). The number of nitrogens with zero attached hydrogens (tertiary/aromatic N) is 4. The summed E-state index contributed by atoms with van der Waals surface area (Å²) in [4.78, 5) is 14.9. The first-order chi connectivity index (χ1) is 16.5. The van der Waals surface area contributed by atoms with Crippen LogP contribution >= 0.6 is 11.8 Å². The molecule has 1 saturated heterocycles. The molecule has 9 heteroatoms. The number of morpholine rings is 1. The van der Waals surface area contributed by atoms with Crippen molar-refractivity contribution in [3.05, 3.63) is 65.5 Å². The minimum absolute atomic E-state index is 0.0423. The van der Waals surface area contributed by atoms with E-state index in [-0.39, 0.29) is 17.8 Å². The molecular formula is C25H31N5O3S. The molecule has 0 radical (unpaired) electrons. The van der Waals surface area contributed by atoms with Gasteiger partial charge in [-0.05, 0) is 49.2 Å². The van der Waals surface area contributed by atoms with Crippen molar-refractivity contribution in [1.29, 1.82) is 0 Å². The third-order valence-corrected chi connectivity index (χ3v) is 6.60. The van der Waals surface area contributed by atoms with Crippen LogP contribution in [0.5, 0.6) is 5.75 Å². The highest BCUT2D eigenvalue weighted by atomic mass is 32.2. The third-order valence-electron chi connectivity index (χ3n) is 5.67. The van der Waals surface area contributed by atoms with Gasteiger partial charge in [-0.25, -0.2) is 0 Å². The van der Waals surface area contributed by atoms with Gasteiger partial charge in [0.25, 0.3) is 0 Å². The molecule has 3 aromatic rings. The van der Waals surface area contributed by atoms with E-state index in [1.807, 2.05) is 41.8 Å². The maximum absolute atomic E-state index is 12.5. The van der Waals surface area contributed by atoms with Gasteiger partial charge in [0.2, 0.25) is 5.91 Å². The van der Waals surface area contributed by atoms with Crippen LogP contribution in [0.25, 0.3) is 5.69 Å². The fourth-order valence-electron chi connectivity index (χ4n) is 3.98. The lowest BCUT2D eigenvalue weighted by Crippen LogP contribution is -2.40. The first-order valence-corrected chi connectivity index (χ1v) is 12.4. The van der Waals surface area contributed by atoms with Crippen molar-refractivity contribution in [1.82, 2.24) is 25.0 Å². The van der Waals surface area contributed by atoms with E-state index in [4.69, 9.17) is 9.47 Å². The van der Waals surface area contributed by atoms with Crippen molar-refractivity contribution in [3.8, 4) is 11.4 Å². The first-order valence-electron chi connectivity index (χ1n) is 11.4. The van der Waals surface area contributed by atoms with Gasteiger partial charge < -0.3 is 14.8 Å². The van der Waals surface area contributed by atoms with E-state index in [0.717, 1.165) is 49.1 Å². The summed E-state index contributed by atoms with van der Waals surface area (Å²) < 4.78 is 12.8. The van der Waals surface area contributed by atoms with Crippen molar-refractivity contribution < 1.29 is 14.3 Å². The zero-order valence-corrected chi connectivity index (χ0v) is 20.7. The van der Waals surface area contributed by atoms with Crippen LogP contribution in [-0.4, -0.2) is 64.2 Å². The lowest BCUT2D eigenvalue weighted by atomic mass is 10.1. The number of nitrogens with one attached hydrogen (secondary N) is 1. The Hall–Kier alpha value is -2.88. The molecule has 0 spiro atoms. The Morgan fingerprint density at radius 3 is 2.76 bits per heavy atom. The molecule has 180 valence electrons. The van der Waals surface area contributed by atoms with Crippen LogP contribution < -0.4 is 10.1 Å². The van der Waals surface area contributed by atoms with Crippen LogP contribution in [0.1, 0.15) is 23.9 Å². The van der Waals surface area contributed by atoms with Gasteiger partial charge >= 0.3 is 0 Å². The summed E-state index contributed by atoms with van der Waals surface area (Å²) in [7, 11) is 1.64. The standard InChI is InChI=1S/C25H31N5O3S/c1-18-15-29(11-12-33-18)16-21-6-4-5-20(13-21)14-26-24(31)17-34-25-28-27-19(2)30(25)22-7-9-23(32-3)10-8-22/h4-10,13,18H,11-12,14-17H2,1-3H3,(H,26,31). The fraction of sp³-hybridized carbons (Fsp3) is 0.400. The Morgan fingerprint density at radius 2 is 2.00 bits per heavy atom. The number of aromatic nitrogens is 3. The van der Waals surface area contributed by atoms with E-state index in [0.29, 0.717) is 11.7 Å². The molecule has 1 atom stereocenters. The first kappa shape index (κ1) is 24.3. The number of thioether (sulfide) groups is 1. The Kier molecular flexibility index (Phi) is 8.21. The third kappa shape index (κ3) is 6.37. The van der Waals surface area contributed by atoms with E-state index >= 15 is 0 Å². The van der Waals surface area contributed by atoms with Crippen LogP contribution in [0.3, 0.4) is 0 Å². The number of carbonyl (C=O) groups is 1. The number of amides is 1. The van der Waals surface area contributed by atoms with Crippen molar-refractivity contribution in [3.63, 3.8) is 0 Å². The van der Waals surface area contributed by atoms with Gasteiger partial charge in [-0.15, -0.1) is 10.2 Å². The van der Waals surface area contributed by atoms with E-state index in [9.17, 15) is 4.79 Å². The highest BCUT2D eigenvalue weighted by Crippen LogP contribution is 2.23. The van der Waals surface area contributed by atoms with Crippen LogP contribution in [0.4, 0.5) is 0 Å². The Morgan fingerprint density at radius 1 is 1.21 bits per heavy atom. The molecule has 1 aliphatic rings. The molecule has 1 unspecified atom stereocenters. The maximum atomic E-state index is 12.5. The number of hydrogen-bond donors (Lipinski definition) is 1. The molecule has 34 heavy (non-hydrogen) atoms. The van der Waals surface area contributed by atoms with Crippen molar-refractivity contribution in [2.45, 2.75) is 38.2 Å². The number of ether oxygens (including phenoxy) is 2. The molecule has 1 amide bonds. The van der Waals surface area contributed by atoms with Crippen LogP contribution in [0.2, 0.25) is 0 Å². The molecule has 0 aliphatic carbocycles. The van der Waals surface area contributed by atoms with Crippen molar-refractivity contribution in [2.24, 2.45) is 0 Å². The molecule has 1 fully saturated rings. The summed E-state index contributed by atoms with van der Waals surface area (Å²) >= 11 is 1.37. The number of carbonyl (C=O) groups excluding carboxylic acids is 1. The van der Waals surface area contributed by atoms with Gasteiger partial charge in [-0.1, -0.05) is 36.0 Å². The van der Waals surface area contributed by atoms with Gasteiger partial charge in [-0.3, -0.25) is 14.3 Å². The van der Waals surface area contributed by atoms with E-state index in [1.165, 1.54) is 17.3 Å². The van der Waals surface area contributed by atoms with Crippen LogP contribution in [0.15, 0.2) is 53.7 Å². The highest BCUT2D eigenvalue weighted by Gasteiger charge is 2.17. The zero-order valence-electron chi connectivity index (χ0n) is 19.9. The monoisotopic (exact) mass is 481 g/mol. The predicted molar refractivity (Wildman–Crippen MR) is 132 cm³/mol. The second kappa shape index (κ2) is 11.5. The summed E-state index contributed by atoms with van der Waals surface area (Å²) in [6, 6.07) is 16.1. The SMILES string of the molecule is COc1ccc(-n2c(C)nnc2SCC(=O)NCc2cccc(CN3CCOC(C)C3)c2)cc1. The van der Waals surface area contributed by atoms with Gasteiger partial charge in [0.05, 0.1) is 25.6 Å². The summed E-state index contributed by atoms with van der Waals surface area (Å²) in [6.45, 7) is 8.06. The summed E-state index contributed by atoms with van der Waals surface area (Å²) in [5, 5.41) is 12.1. The van der Waals surface area contributed by atoms with E-state index in [1.54, 1.807) is 7.11 Å². The zero-order chi connectivity index (χ0) is 23.9. The lowest BCUT2D eigenvalue weighted by Gasteiger charge is -2.31. The number of aryl methyl sites for hydroxylation is 1. The predicted octanol–water partition coefficient (Wildman–Crippen LogP) is 3.21. The van der Waals surface area contributed by atoms with Crippen LogP contribution in [0, 0.1) is 6.92 Å². The summed E-state index contributed by atoms with van der Waals surface area (Å²) in [5.74, 6) is 1.77. The molecule has 1 aromatic heterocycles. The fourth-order valence-corrected chi connectivity index (χ4v) is 4.80. The maximum Gasteiger partial charge on any atom is 0.230 e. The molecule has 8 nitrogen and oxygen atoms in total. The molecule has 2 heterocycles. The Labute approximate surface area is 204 Å². The van der Waals surface area contributed by atoms with Crippen LogP contribution in [-0.2, 0) is 22.6 Å². The van der Waals surface area contributed by atoms with Gasteiger partial charge in [-0.2, -0.15) is 0 Å². The number of benzene rings is 2. The summed E-state index contributed by atoms with van der Waals surface area (Å²) in [5.41, 5.74) is 3.27. The molecule has 1 N–H and O–H groups in total. The number of rotatable bonds is 9. The second-order valence-electron chi connectivity index (χ2n) is 8.37. The van der Waals surface area contributed by atoms with Gasteiger partial charge in [0.15, 0.2) is 5.16 Å². The van der Waals surface area contributed by atoms with Crippen molar-refractivity contribution >= 4 is 17.7 Å².